The van der Waals surface area contributed by atoms with E-state index in [1.165, 1.54) is 0 Å². The predicted octanol–water partition coefficient (Wildman–Crippen LogP) is 2.41. The van der Waals surface area contributed by atoms with Crippen LogP contribution in [0.1, 0.15) is 38.8 Å². The first-order chi connectivity index (χ1) is 6.65. The summed E-state index contributed by atoms with van der Waals surface area (Å²) in [6.45, 7) is 3.72. The van der Waals surface area contributed by atoms with Crippen molar-refractivity contribution in [3.8, 4) is 0 Å². The van der Waals surface area contributed by atoms with E-state index in [1.807, 2.05) is 19.9 Å². The molecule has 0 aliphatic heterocycles. The number of carbonyl (C=O) groups is 2. The van der Waals surface area contributed by atoms with Gasteiger partial charge in [-0.3, -0.25) is 9.59 Å². The maximum Gasteiger partial charge on any atom is 0.187 e. The maximum absolute atomic E-state index is 11.6. The van der Waals surface area contributed by atoms with Crippen LogP contribution in [0.2, 0.25) is 0 Å². The zero-order chi connectivity index (χ0) is 10.3. The lowest BCUT2D eigenvalue weighted by Gasteiger charge is -2.06. The molecule has 0 aromatic heterocycles. The topological polar surface area (TPSA) is 34.1 Å². The Hall–Kier alpha value is -1.70. The Labute approximate surface area is 82.2 Å². The van der Waals surface area contributed by atoms with Gasteiger partial charge in [-0.2, -0.15) is 0 Å². The van der Waals surface area contributed by atoms with Crippen molar-refractivity contribution in [2.24, 2.45) is 0 Å². The van der Waals surface area contributed by atoms with E-state index in [0.717, 1.165) is 23.0 Å². The molecule has 2 heteroatoms. The molecule has 14 heavy (non-hydrogen) atoms. The number of hydrogen-bond acceptors (Lipinski definition) is 2. The van der Waals surface area contributed by atoms with Crippen molar-refractivity contribution in [3.05, 3.63) is 40.5 Å². The van der Waals surface area contributed by atoms with E-state index in [1.54, 1.807) is 12.1 Å². The second-order valence-corrected chi connectivity index (χ2v) is 3.51. The molecule has 2 nitrogen and oxygen atoms in total. The van der Waals surface area contributed by atoms with E-state index in [4.69, 9.17) is 0 Å². The highest BCUT2D eigenvalue weighted by molar-refractivity contribution is 6.17. The Balaban J connectivity index is 2.75. The normalized spacial score (nSPS) is 13.9. The molecule has 0 radical (unpaired) electrons. The Morgan fingerprint density at radius 1 is 1.21 bits per heavy atom. The first-order valence-electron chi connectivity index (χ1n) is 4.47. The van der Waals surface area contributed by atoms with E-state index in [2.05, 4.69) is 0 Å². The highest BCUT2D eigenvalue weighted by Gasteiger charge is 2.21. The molecule has 0 saturated carbocycles. The summed E-state index contributed by atoms with van der Waals surface area (Å²) in [5.41, 5.74) is 4.01. The molecule has 1 aliphatic carbocycles. The van der Waals surface area contributed by atoms with Crippen molar-refractivity contribution in [1.29, 1.82) is 0 Å². The molecular weight excluding hydrogens is 176 g/mol. The molecule has 0 amide bonds. The summed E-state index contributed by atoms with van der Waals surface area (Å²) in [4.78, 5) is 22.3. The highest BCUT2D eigenvalue weighted by atomic mass is 16.1. The lowest BCUT2D eigenvalue weighted by molar-refractivity contribution is 0.104. The third-order valence-electron chi connectivity index (χ3n) is 2.65. The zero-order valence-electron chi connectivity index (χ0n) is 8.13. The van der Waals surface area contributed by atoms with Gasteiger partial charge in [-0.1, -0.05) is 12.1 Å². The lowest BCUT2D eigenvalue weighted by Crippen LogP contribution is -1.99. The van der Waals surface area contributed by atoms with E-state index in [-0.39, 0.29) is 5.78 Å². The molecule has 0 spiro atoms. The second-order valence-electron chi connectivity index (χ2n) is 3.51. The van der Waals surface area contributed by atoms with Crippen molar-refractivity contribution in [3.63, 3.8) is 0 Å². The van der Waals surface area contributed by atoms with Crippen LogP contribution in [0.4, 0.5) is 0 Å². The third-order valence-corrected chi connectivity index (χ3v) is 2.65. The smallest absolute Gasteiger partial charge is 0.187 e. The Morgan fingerprint density at radius 2 is 1.93 bits per heavy atom. The van der Waals surface area contributed by atoms with Gasteiger partial charge in [0.15, 0.2) is 5.78 Å². The Morgan fingerprint density at radius 3 is 2.57 bits per heavy atom. The quantitative estimate of drug-likeness (QED) is 0.631. The first-order valence-corrected chi connectivity index (χ1v) is 4.47. The highest BCUT2D eigenvalue weighted by Crippen LogP contribution is 2.30. The minimum atomic E-state index is 0.0127. The van der Waals surface area contributed by atoms with Gasteiger partial charge in [0.25, 0.3) is 0 Å². The average Bonchev–Trinajstić information content (AvgIpc) is 2.44. The fourth-order valence-electron chi connectivity index (χ4n) is 1.85. The monoisotopic (exact) mass is 186 g/mol. The van der Waals surface area contributed by atoms with Gasteiger partial charge in [0.1, 0.15) is 6.29 Å². The number of allylic oxidation sites excluding steroid dienone is 2. The van der Waals surface area contributed by atoms with Gasteiger partial charge < -0.3 is 0 Å². The van der Waals surface area contributed by atoms with Crippen LogP contribution in [0.5, 0.6) is 0 Å². The Bertz CT molecular complexity index is 467. The van der Waals surface area contributed by atoms with Crippen LogP contribution >= 0.6 is 0 Å². The van der Waals surface area contributed by atoms with Crippen LogP contribution in [0.15, 0.2) is 18.2 Å². The van der Waals surface area contributed by atoms with Crippen molar-refractivity contribution in [1.82, 2.24) is 0 Å². The predicted molar refractivity (Wildman–Crippen MR) is 54.5 cm³/mol. The minimum absolute atomic E-state index is 0.0127. The fraction of sp³-hybridized carbons (Fsp3) is 0.167. The first kappa shape index (κ1) is 8.88. The van der Waals surface area contributed by atoms with Gasteiger partial charge in [0.2, 0.25) is 0 Å². The van der Waals surface area contributed by atoms with E-state index in [0.29, 0.717) is 11.1 Å². The molecule has 0 bridgehead atoms. The molecule has 1 aromatic carbocycles. The van der Waals surface area contributed by atoms with Crippen LogP contribution in [-0.4, -0.2) is 12.1 Å². The van der Waals surface area contributed by atoms with Crippen molar-refractivity contribution < 1.29 is 9.59 Å². The van der Waals surface area contributed by atoms with E-state index >= 15 is 0 Å². The molecular formula is C12H10O2. The number of rotatable bonds is 1. The molecule has 1 aromatic rings. The SMILES string of the molecule is CC1=CC(=O)c2c1ccc(C=O)c2C. The second kappa shape index (κ2) is 2.91. The van der Waals surface area contributed by atoms with Crippen molar-refractivity contribution in [2.45, 2.75) is 13.8 Å². The van der Waals surface area contributed by atoms with E-state index < -0.39 is 0 Å². The molecule has 0 heterocycles. The summed E-state index contributed by atoms with van der Waals surface area (Å²) in [6, 6.07) is 3.60. The number of hydrogen-bond donors (Lipinski definition) is 0. The molecule has 0 unspecified atom stereocenters. The van der Waals surface area contributed by atoms with E-state index in [9.17, 15) is 9.59 Å². The van der Waals surface area contributed by atoms with Gasteiger partial charge in [-0.15, -0.1) is 0 Å². The maximum atomic E-state index is 11.6. The molecule has 0 atom stereocenters. The average molecular weight is 186 g/mol. The van der Waals surface area contributed by atoms with Crippen LogP contribution in [0, 0.1) is 6.92 Å². The number of fused-ring (bicyclic) bond motifs is 1. The molecule has 70 valence electrons. The van der Waals surface area contributed by atoms with Crippen molar-refractivity contribution in [2.75, 3.05) is 0 Å². The molecule has 1 aliphatic rings. The number of benzene rings is 1. The largest absolute Gasteiger partial charge is 0.298 e. The van der Waals surface area contributed by atoms with Crippen LogP contribution < -0.4 is 0 Å². The summed E-state index contributed by atoms with van der Waals surface area (Å²) < 4.78 is 0. The summed E-state index contributed by atoms with van der Waals surface area (Å²) in [7, 11) is 0. The molecule has 2 rings (SSSR count). The molecule has 0 saturated heterocycles. The molecule has 0 fully saturated rings. The third kappa shape index (κ3) is 1.04. The number of carbonyl (C=O) groups excluding carboxylic acids is 2. The van der Waals surface area contributed by atoms with Crippen LogP contribution in [0.3, 0.4) is 0 Å². The Kier molecular flexibility index (Phi) is 1.84. The molecule has 0 N–H and O–H groups in total. The van der Waals surface area contributed by atoms with Gasteiger partial charge >= 0.3 is 0 Å². The van der Waals surface area contributed by atoms with Crippen LogP contribution in [-0.2, 0) is 0 Å². The summed E-state index contributed by atoms with van der Waals surface area (Å²) in [5, 5.41) is 0. The standard InChI is InChI=1S/C12H10O2/c1-7-5-11(14)12-8(2)9(6-13)3-4-10(7)12/h3-6H,1-2H3. The summed E-state index contributed by atoms with van der Waals surface area (Å²) in [5.74, 6) is 0.0127. The van der Waals surface area contributed by atoms with Gasteiger partial charge in [-0.25, -0.2) is 0 Å². The minimum Gasteiger partial charge on any atom is -0.298 e. The van der Waals surface area contributed by atoms with Gasteiger partial charge in [0.05, 0.1) is 0 Å². The van der Waals surface area contributed by atoms with Gasteiger partial charge in [-0.05, 0) is 36.6 Å². The van der Waals surface area contributed by atoms with Crippen molar-refractivity contribution >= 4 is 17.6 Å². The summed E-state index contributed by atoms with van der Waals surface area (Å²) in [6.07, 6.45) is 2.41. The number of aldehydes is 1. The summed E-state index contributed by atoms with van der Waals surface area (Å²) >= 11 is 0. The fourth-order valence-corrected chi connectivity index (χ4v) is 1.85. The number of ketones is 1. The van der Waals surface area contributed by atoms with Gasteiger partial charge in [0, 0.05) is 11.1 Å². The zero-order valence-corrected chi connectivity index (χ0v) is 8.13. The van der Waals surface area contributed by atoms with Crippen LogP contribution in [0.25, 0.3) is 5.57 Å². The lowest BCUT2D eigenvalue weighted by atomic mass is 9.97.